The molecule has 1 amide bonds. The fourth-order valence-corrected chi connectivity index (χ4v) is 3.85. The van der Waals surface area contributed by atoms with Crippen molar-refractivity contribution in [3.63, 3.8) is 0 Å². The zero-order chi connectivity index (χ0) is 14.9. The largest absolute Gasteiger partial charge is 0.398 e. The molecule has 1 aromatic heterocycles. The number of rotatable bonds is 3. The fourth-order valence-electron chi connectivity index (χ4n) is 1.87. The van der Waals surface area contributed by atoms with Crippen molar-refractivity contribution >= 4 is 54.8 Å². The lowest BCUT2D eigenvalue weighted by Gasteiger charge is -2.18. The second-order valence-electron chi connectivity index (χ2n) is 4.56. The van der Waals surface area contributed by atoms with Gasteiger partial charge in [-0.1, -0.05) is 15.9 Å². The van der Waals surface area contributed by atoms with Crippen LogP contribution < -0.4 is 5.73 Å². The standard InChI is InChI=1S/C14H14Br2N2OS/c1-8-12(4-9(15)5-13(8)17)14(19)18(2)6-11-3-10(16)7-20-11/h3-5,7H,6,17H2,1-2H3. The Balaban J connectivity index is 2.22. The Hall–Kier alpha value is -0.850. The summed E-state index contributed by atoms with van der Waals surface area (Å²) < 4.78 is 1.86. The smallest absolute Gasteiger partial charge is 0.254 e. The number of benzene rings is 1. The number of thiophene rings is 1. The summed E-state index contributed by atoms with van der Waals surface area (Å²) in [5.41, 5.74) is 7.98. The van der Waals surface area contributed by atoms with Crippen molar-refractivity contribution in [2.75, 3.05) is 12.8 Å². The summed E-state index contributed by atoms with van der Waals surface area (Å²) >= 11 is 8.43. The van der Waals surface area contributed by atoms with Gasteiger partial charge in [0.1, 0.15) is 0 Å². The van der Waals surface area contributed by atoms with Crippen molar-refractivity contribution in [2.24, 2.45) is 0 Å². The zero-order valence-electron chi connectivity index (χ0n) is 11.1. The monoisotopic (exact) mass is 416 g/mol. The molecule has 0 unspecified atom stereocenters. The number of hydrogen-bond acceptors (Lipinski definition) is 3. The highest BCUT2D eigenvalue weighted by Crippen LogP contribution is 2.25. The average molecular weight is 418 g/mol. The summed E-state index contributed by atoms with van der Waals surface area (Å²) in [7, 11) is 1.80. The van der Waals surface area contributed by atoms with Gasteiger partial charge in [-0.05, 0) is 46.6 Å². The van der Waals surface area contributed by atoms with Crippen LogP contribution in [0.3, 0.4) is 0 Å². The van der Waals surface area contributed by atoms with Crippen LogP contribution in [0.2, 0.25) is 0 Å². The van der Waals surface area contributed by atoms with Crippen molar-refractivity contribution in [3.05, 3.63) is 48.5 Å². The number of nitrogen functional groups attached to an aromatic ring is 1. The van der Waals surface area contributed by atoms with Crippen LogP contribution in [0, 0.1) is 6.92 Å². The van der Waals surface area contributed by atoms with Crippen LogP contribution in [-0.2, 0) is 6.54 Å². The van der Waals surface area contributed by atoms with Crippen molar-refractivity contribution in [1.29, 1.82) is 0 Å². The summed E-state index contributed by atoms with van der Waals surface area (Å²) in [4.78, 5) is 15.4. The van der Waals surface area contributed by atoms with Crippen LogP contribution in [0.25, 0.3) is 0 Å². The third-order valence-corrected chi connectivity index (χ3v) is 5.14. The number of anilines is 1. The lowest BCUT2D eigenvalue weighted by Crippen LogP contribution is -2.26. The molecule has 0 spiro atoms. The number of nitrogens with zero attached hydrogens (tertiary/aromatic N) is 1. The van der Waals surface area contributed by atoms with Crippen LogP contribution in [0.4, 0.5) is 5.69 Å². The third-order valence-electron chi connectivity index (χ3n) is 3.00. The molecule has 0 aliphatic heterocycles. The van der Waals surface area contributed by atoms with E-state index in [1.54, 1.807) is 23.3 Å². The van der Waals surface area contributed by atoms with Crippen LogP contribution in [0.1, 0.15) is 20.8 Å². The highest BCUT2D eigenvalue weighted by molar-refractivity contribution is 9.10. The third kappa shape index (κ3) is 3.42. The van der Waals surface area contributed by atoms with Crippen molar-refractivity contribution in [3.8, 4) is 0 Å². The van der Waals surface area contributed by atoms with Gasteiger partial charge in [0.15, 0.2) is 0 Å². The van der Waals surface area contributed by atoms with Gasteiger partial charge < -0.3 is 10.6 Å². The molecule has 2 N–H and O–H groups in total. The number of hydrogen-bond donors (Lipinski definition) is 1. The molecule has 106 valence electrons. The van der Waals surface area contributed by atoms with E-state index >= 15 is 0 Å². The Bertz CT molecular complexity index is 655. The van der Waals surface area contributed by atoms with E-state index in [2.05, 4.69) is 31.9 Å². The molecule has 3 nitrogen and oxygen atoms in total. The second kappa shape index (κ2) is 6.28. The summed E-state index contributed by atoms with van der Waals surface area (Å²) in [5.74, 6) is -0.0278. The van der Waals surface area contributed by atoms with Crippen molar-refractivity contribution < 1.29 is 4.79 Å². The van der Waals surface area contributed by atoms with Crippen molar-refractivity contribution in [1.82, 2.24) is 4.90 Å². The molecule has 6 heteroatoms. The van der Waals surface area contributed by atoms with Gasteiger partial charge in [0.2, 0.25) is 0 Å². The minimum absolute atomic E-state index is 0.0278. The Kier molecular flexibility index (Phi) is 4.88. The predicted molar refractivity (Wildman–Crippen MR) is 91.1 cm³/mol. The minimum Gasteiger partial charge on any atom is -0.398 e. The van der Waals surface area contributed by atoms with E-state index < -0.39 is 0 Å². The molecule has 2 rings (SSSR count). The van der Waals surface area contributed by atoms with E-state index in [0.717, 1.165) is 19.4 Å². The normalized spacial score (nSPS) is 10.6. The minimum atomic E-state index is -0.0278. The van der Waals surface area contributed by atoms with E-state index in [1.165, 1.54) is 0 Å². The fraction of sp³-hybridized carbons (Fsp3) is 0.214. The maximum atomic E-state index is 12.5. The van der Waals surface area contributed by atoms with Gasteiger partial charge in [-0.15, -0.1) is 11.3 Å². The molecule has 1 heterocycles. The predicted octanol–water partition coefficient (Wildman–Crippen LogP) is 4.44. The maximum absolute atomic E-state index is 12.5. The lowest BCUT2D eigenvalue weighted by molar-refractivity contribution is 0.0785. The number of carbonyl (C=O) groups is 1. The van der Waals surface area contributed by atoms with Gasteiger partial charge in [-0.2, -0.15) is 0 Å². The molecule has 1 aromatic carbocycles. The molecule has 0 bridgehead atoms. The highest BCUT2D eigenvalue weighted by Gasteiger charge is 2.17. The summed E-state index contributed by atoms with van der Waals surface area (Å²) in [6.45, 7) is 2.45. The van der Waals surface area contributed by atoms with Gasteiger partial charge in [0, 0.05) is 37.5 Å². The number of carbonyl (C=O) groups excluding carboxylic acids is 1. The number of nitrogens with two attached hydrogens (primary N) is 1. The Morgan fingerprint density at radius 3 is 2.60 bits per heavy atom. The Labute approximate surface area is 139 Å². The van der Waals surface area contributed by atoms with Gasteiger partial charge in [0.25, 0.3) is 5.91 Å². The SMILES string of the molecule is Cc1c(N)cc(Br)cc1C(=O)N(C)Cc1cc(Br)cs1. The molecule has 0 aliphatic rings. The summed E-state index contributed by atoms with van der Waals surface area (Å²) in [5, 5.41) is 2.01. The topological polar surface area (TPSA) is 46.3 Å². The molecule has 0 saturated heterocycles. The highest BCUT2D eigenvalue weighted by atomic mass is 79.9. The van der Waals surface area contributed by atoms with Gasteiger partial charge in [-0.25, -0.2) is 0 Å². The first-order chi connectivity index (χ1) is 9.38. The average Bonchev–Trinajstić information content (AvgIpc) is 2.78. The van der Waals surface area contributed by atoms with Crippen LogP contribution >= 0.6 is 43.2 Å². The molecule has 0 aliphatic carbocycles. The maximum Gasteiger partial charge on any atom is 0.254 e. The molecule has 0 fully saturated rings. The van der Waals surface area contributed by atoms with Crippen LogP contribution in [0.5, 0.6) is 0 Å². The molecule has 2 aromatic rings. The second-order valence-corrected chi connectivity index (χ2v) is 7.39. The quantitative estimate of drug-likeness (QED) is 0.750. The number of halogens is 2. The van der Waals surface area contributed by atoms with E-state index in [9.17, 15) is 4.79 Å². The summed E-state index contributed by atoms with van der Waals surface area (Å²) in [6, 6.07) is 5.65. The first-order valence-corrected chi connectivity index (χ1v) is 8.39. The molecular weight excluding hydrogens is 404 g/mol. The first-order valence-electron chi connectivity index (χ1n) is 5.92. The van der Waals surface area contributed by atoms with Crippen LogP contribution in [0.15, 0.2) is 32.5 Å². The van der Waals surface area contributed by atoms with Crippen LogP contribution in [-0.4, -0.2) is 17.9 Å². The molecule has 0 atom stereocenters. The molecule has 0 radical (unpaired) electrons. The van der Waals surface area contributed by atoms with Gasteiger partial charge in [-0.3, -0.25) is 4.79 Å². The van der Waals surface area contributed by atoms with E-state index in [4.69, 9.17) is 5.73 Å². The molecule has 0 saturated carbocycles. The Morgan fingerprint density at radius 1 is 1.30 bits per heavy atom. The zero-order valence-corrected chi connectivity index (χ0v) is 15.1. The van der Waals surface area contributed by atoms with Gasteiger partial charge >= 0.3 is 0 Å². The van der Waals surface area contributed by atoms with E-state index in [-0.39, 0.29) is 5.91 Å². The number of amides is 1. The van der Waals surface area contributed by atoms with E-state index in [0.29, 0.717) is 17.8 Å². The van der Waals surface area contributed by atoms with Gasteiger partial charge in [0.05, 0.1) is 6.54 Å². The lowest BCUT2D eigenvalue weighted by atomic mass is 10.1. The van der Waals surface area contributed by atoms with E-state index in [1.807, 2.05) is 30.5 Å². The summed E-state index contributed by atoms with van der Waals surface area (Å²) in [6.07, 6.45) is 0. The van der Waals surface area contributed by atoms with Crippen molar-refractivity contribution in [2.45, 2.75) is 13.5 Å². The molecule has 20 heavy (non-hydrogen) atoms. The Morgan fingerprint density at radius 2 is 2.00 bits per heavy atom. The first kappa shape index (κ1) is 15.5. The molecular formula is C14H14Br2N2OS.